The Morgan fingerprint density at radius 1 is 1.69 bits per heavy atom. The van der Waals surface area contributed by atoms with Crippen LogP contribution < -0.4 is 0 Å². The Morgan fingerprint density at radius 2 is 2.46 bits per heavy atom. The van der Waals surface area contributed by atoms with Crippen molar-refractivity contribution in [1.29, 1.82) is 0 Å². The minimum Gasteiger partial charge on any atom is -0.396 e. The van der Waals surface area contributed by atoms with Crippen LogP contribution in [0.2, 0.25) is 0 Å². The molecule has 1 rings (SSSR count). The first-order valence-corrected chi connectivity index (χ1v) is 5.89. The van der Waals surface area contributed by atoms with Crippen LogP contribution in [0.4, 0.5) is 0 Å². The van der Waals surface area contributed by atoms with Gasteiger partial charge in [-0.2, -0.15) is 11.8 Å². The van der Waals surface area contributed by atoms with E-state index in [9.17, 15) is 4.79 Å². The number of carbonyl (C=O) groups is 1. The highest BCUT2D eigenvalue weighted by Gasteiger charge is 2.22. The summed E-state index contributed by atoms with van der Waals surface area (Å²) in [6.07, 6.45) is 1.08. The number of nitrogens with zero attached hydrogens (tertiary/aromatic N) is 1. The zero-order chi connectivity index (χ0) is 9.68. The van der Waals surface area contributed by atoms with E-state index in [4.69, 9.17) is 5.11 Å². The molecule has 4 heteroatoms. The SMILES string of the molecule is CC1CSCCN1C(=O)CCCO. The van der Waals surface area contributed by atoms with Gasteiger partial charge in [0.15, 0.2) is 0 Å². The molecule has 1 N–H and O–H groups in total. The van der Waals surface area contributed by atoms with Crippen LogP contribution in [0.1, 0.15) is 19.8 Å². The summed E-state index contributed by atoms with van der Waals surface area (Å²) < 4.78 is 0. The van der Waals surface area contributed by atoms with Gasteiger partial charge in [-0.3, -0.25) is 4.79 Å². The Bertz CT molecular complexity index is 175. The molecule has 0 radical (unpaired) electrons. The average molecular weight is 203 g/mol. The molecule has 0 aliphatic carbocycles. The zero-order valence-corrected chi connectivity index (χ0v) is 8.85. The highest BCUT2D eigenvalue weighted by atomic mass is 32.2. The number of carbonyl (C=O) groups excluding carboxylic acids is 1. The second kappa shape index (κ2) is 5.50. The zero-order valence-electron chi connectivity index (χ0n) is 8.03. The molecule has 0 spiro atoms. The molecule has 0 aromatic rings. The van der Waals surface area contributed by atoms with Crippen molar-refractivity contribution in [1.82, 2.24) is 4.90 Å². The molecule has 1 heterocycles. The Kier molecular flexibility index (Phi) is 4.59. The quantitative estimate of drug-likeness (QED) is 0.735. The van der Waals surface area contributed by atoms with Gasteiger partial charge in [-0.15, -0.1) is 0 Å². The van der Waals surface area contributed by atoms with Crippen molar-refractivity contribution in [3.63, 3.8) is 0 Å². The van der Waals surface area contributed by atoms with Crippen molar-refractivity contribution in [3.05, 3.63) is 0 Å². The van der Waals surface area contributed by atoms with Crippen molar-refractivity contribution in [2.75, 3.05) is 24.7 Å². The van der Waals surface area contributed by atoms with Crippen LogP contribution in [-0.4, -0.2) is 46.6 Å². The second-order valence-electron chi connectivity index (χ2n) is 3.34. The fourth-order valence-electron chi connectivity index (χ4n) is 1.47. The third-order valence-corrected chi connectivity index (χ3v) is 3.43. The predicted octanol–water partition coefficient (Wildman–Crippen LogP) is 0.723. The maximum atomic E-state index is 11.6. The van der Waals surface area contributed by atoms with Crippen LogP contribution in [0.3, 0.4) is 0 Å². The number of hydrogen-bond donors (Lipinski definition) is 1. The minimum atomic E-state index is 0.114. The third kappa shape index (κ3) is 3.19. The van der Waals surface area contributed by atoms with Crippen molar-refractivity contribution in [2.45, 2.75) is 25.8 Å². The Balaban J connectivity index is 2.35. The van der Waals surface area contributed by atoms with E-state index in [0.717, 1.165) is 18.1 Å². The van der Waals surface area contributed by atoms with E-state index in [1.165, 1.54) is 0 Å². The van der Waals surface area contributed by atoms with Crippen LogP contribution in [0.15, 0.2) is 0 Å². The van der Waals surface area contributed by atoms with Gasteiger partial charge in [-0.05, 0) is 13.3 Å². The van der Waals surface area contributed by atoms with Gasteiger partial charge in [0.05, 0.1) is 0 Å². The largest absolute Gasteiger partial charge is 0.396 e. The molecule has 0 aromatic carbocycles. The normalized spacial score (nSPS) is 23.2. The number of aliphatic hydroxyl groups is 1. The van der Waals surface area contributed by atoms with Gasteiger partial charge in [0, 0.05) is 37.1 Å². The molecule has 0 saturated carbocycles. The molecular formula is C9H17NO2S. The lowest BCUT2D eigenvalue weighted by Gasteiger charge is -2.33. The van der Waals surface area contributed by atoms with Crippen LogP contribution >= 0.6 is 11.8 Å². The first-order chi connectivity index (χ1) is 6.25. The number of amides is 1. The van der Waals surface area contributed by atoms with Gasteiger partial charge in [0.1, 0.15) is 0 Å². The molecule has 1 saturated heterocycles. The summed E-state index contributed by atoms with van der Waals surface area (Å²) in [4.78, 5) is 13.5. The predicted molar refractivity (Wildman–Crippen MR) is 54.8 cm³/mol. The fraction of sp³-hybridized carbons (Fsp3) is 0.889. The van der Waals surface area contributed by atoms with Crippen LogP contribution in [0.25, 0.3) is 0 Å². The maximum Gasteiger partial charge on any atom is 0.222 e. The molecule has 1 aliphatic heterocycles. The number of rotatable bonds is 3. The van der Waals surface area contributed by atoms with E-state index in [0.29, 0.717) is 18.9 Å². The molecule has 0 aromatic heterocycles. The highest BCUT2D eigenvalue weighted by molar-refractivity contribution is 7.99. The Hall–Kier alpha value is -0.220. The topological polar surface area (TPSA) is 40.5 Å². The first kappa shape index (κ1) is 10.9. The van der Waals surface area contributed by atoms with Crippen LogP contribution in [0, 0.1) is 0 Å². The molecule has 76 valence electrons. The van der Waals surface area contributed by atoms with E-state index in [1.807, 2.05) is 16.7 Å². The van der Waals surface area contributed by atoms with Crippen molar-refractivity contribution >= 4 is 17.7 Å². The van der Waals surface area contributed by atoms with Gasteiger partial charge < -0.3 is 10.0 Å². The summed E-state index contributed by atoms with van der Waals surface area (Å²) in [5, 5.41) is 8.60. The summed E-state index contributed by atoms with van der Waals surface area (Å²) in [7, 11) is 0. The first-order valence-electron chi connectivity index (χ1n) is 4.73. The molecule has 13 heavy (non-hydrogen) atoms. The molecule has 1 amide bonds. The minimum absolute atomic E-state index is 0.114. The molecule has 1 unspecified atom stereocenters. The molecule has 3 nitrogen and oxygen atoms in total. The van der Waals surface area contributed by atoms with Gasteiger partial charge in [-0.1, -0.05) is 0 Å². The summed E-state index contributed by atoms with van der Waals surface area (Å²) in [5.41, 5.74) is 0. The van der Waals surface area contributed by atoms with Crippen LogP contribution in [-0.2, 0) is 4.79 Å². The lowest BCUT2D eigenvalue weighted by Crippen LogP contribution is -2.44. The summed E-state index contributed by atoms with van der Waals surface area (Å²) >= 11 is 1.90. The van der Waals surface area contributed by atoms with Gasteiger partial charge in [0.25, 0.3) is 0 Å². The van der Waals surface area contributed by atoms with E-state index in [2.05, 4.69) is 6.92 Å². The average Bonchev–Trinajstić information content (AvgIpc) is 2.15. The van der Waals surface area contributed by atoms with Gasteiger partial charge in [0.2, 0.25) is 5.91 Å². The van der Waals surface area contributed by atoms with E-state index < -0.39 is 0 Å². The lowest BCUT2D eigenvalue weighted by molar-refractivity contribution is -0.132. The number of hydrogen-bond acceptors (Lipinski definition) is 3. The van der Waals surface area contributed by atoms with Crippen LogP contribution in [0.5, 0.6) is 0 Å². The van der Waals surface area contributed by atoms with Gasteiger partial charge in [-0.25, -0.2) is 0 Å². The Morgan fingerprint density at radius 3 is 3.08 bits per heavy atom. The molecule has 1 atom stereocenters. The fourth-order valence-corrected chi connectivity index (χ4v) is 2.49. The molecule has 1 fully saturated rings. The third-order valence-electron chi connectivity index (χ3n) is 2.24. The highest BCUT2D eigenvalue weighted by Crippen LogP contribution is 2.16. The van der Waals surface area contributed by atoms with Gasteiger partial charge >= 0.3 is 0 Å². The monoisotopic (exact) mass is 203 g/mol. The van der Waals surface area contributed by atoms with E-state index in [-0.39, 0.29) is 12.5 Å². The van der Waals surface area contributed by atoms with Crippen molar-refractivity contribution < 1.29 is 9.90 Å². The second-order valence-corrected chi connectivity index (χ2v) is 4.49. The standard InChI is InChI=1S/C9H17NO2S/c1-8-7-13-6-4-10(8)9(12)3-2-5-11/h8,11H,2-7H2,1H3. The van der Waals surface area contributed by atoms with E-state index >= 15 is 0 Å². The van der Waals surface area contributed by atoms with Crippen molar-refractivity contribution in [2.24, 2.45) is 0 Å². The molecular weight excluding hydrogens is 186 g/mol. The number of aliphatic hydroxyl groups excluding tert-OH is 1. The number of thioether (sulfide) groups is 1. The summed E-state index contributed by atoms with van der Waals surface area (Å²) in [5.74, 6) is 2.29. The summed E-state index contributed by atoms with van der Waals surface area (Å²) in [6, 6.07) is 0.366. The molecule has 0 bridgehead atoms. The molecule has 1 aliphatic rings. The van der Waals surface area contributed by atoms with Crippen molar-refractivity contribution in [3.8, 4) is 0 Å². The van der Waals surface area contributed by atoms with E-state index in [1.54, 1.807) is 0 Å². The Labute approximate surface area is 83.5 Å². The smallest absolute Gasteiger partial charge is 0.222 e. The lowest BCUT2D eigenvalue weighted by atomic mass is 10.2. The maximum absolute atomic E-state index is 11.6. The summed E-state index contributed by atoms with van der Waals surface area (Å²) in [6.45, 7) is 3.07.